The molecule has 2 saturated heterocycles. The van der Waals surface area contributed by atoms with Crippen LogP contribution in [0.25, 0.3) is 11.4 Å². The van der Waals surface area contributed by atoms with Crippen molar-refractivity contribution < 1.29 is 38.2 Å². The van der Waals surface area contributed by atoms with Gasteiger partial charge in [-0.3, -0.25) is 14.2 Å². The summed E-state index contributed by atoms with van der Waals surface area (Å²) in [6.07, 6.45) is 1.08. The van der Waals surface area contributed by atoms with Gasteiger partial charge in [-0.1, -0.05) is 43.7 Å². The second-order valence-corrected chi connectivity index (χ2v) is 12.2. The Morgan fingerprint density at radius 2 is 1.77 bits per heavy atom. The Labute approximate surface area is 250 Å². The van der Waals surface area contributed by atoms with E-state index in [-0.39, 0.29) is 38.0 Å². The average molecular weight is 619 g/mol. The number of nitrogens with one attached hydrogen (secondary N) is 1. The van der Waals surface area contributed by atoms with Crippen LogP contribution in [0.15, 0.2) is 36.4 Å². The summed E-state index contributed by atoms with van der Waals surface area (Å²) < 4.78 is 22.7. The van der Waals surface area contributed by atoms with Crippen molar-refractivity contribution in [3.63, 3.8) is 0 Å². The Hall–Kier alpha value is -3.58. The minimum Gasteiger partial charge on any atom is -0.449 e. The lowest BCUT2D eigenvalue weighted by atomic mass is 10.2. The molecule has 14 nitrogen and oxygen atoms in total. The monoisotopic (exact) mass is 618 g/mol. The molecule has 2 fully saturated rings. The zero-order chi connectivity index (χ0) is 31.0. The molecule has 0 saturated carbocycles. The topological polar surface area (TPSA) is 175 Å². The highest BCUT2D eigenvalue weighted by Gasteiger charge is 2.35. The zero-order valence-electron chi connectivity index (χ0n) is 24.4. The number of ether oxygens (including phenoxy) is 2. The minimum absolute atomic E-state index is 0.0105. The molecule has 0 aliphatic carbocycles. The molecule has 1 aromatic carbocycles. The number of amides is 3. The summed E-state index contributed by atoms with van der Waals surface area (Å²) in [5, 5.41) is 2.51. The summed E-state index contributed by atoms with van der Waals surface area (Å²) in [5.41, 5.74) is 0.627. The van der Waals surface area contributed by atoms with Crippen LogP contribution >= 0.6 is 7.60 Å². The van der Waals surface area contributed by atoms with E-state index < -0.39 is 37.7 Å². The van der Waals surface area contributed by atoms with Crippen molar-refractivity contribution in [1.82, 2.24) is 25.1 Å². The van der Waals surface area contributed by atoms with Gasteiger partial charge in [-0.15, -0.1) is 0 Å². The van der Waals surface area contributed by atoms with Gasteiger partial charge in [-0.25, -0.2) is 14.8 Å². The largest absolute Gasteiger partial charge is 0.449 e. The van der Waals surface area contributed by atoms with E-state index in [0.717, 1.165) is 19.3 Å². The summed E-state index contributed by atoms with van der Waals surface area (Å²) >= 11 is 0. The molecular weight excluding hydrogens is 579 g/mol. The average Bonchev–Trinajstić information content (AvgIpc) is 3.50. The second kappa shape index (κ2) is 14.7. The molecule has 15 heteroatoms. The van der Waals surface area contributed by atoms with Gasteiger partial charge in [-0.2, -0.15) is 0 Å². The molecule has 3 amide bonds. The number of methoxy groups -OCH3 is 1. The van der Waals surface area contributed by atoms with Gasteiger partial charge in [0.25, 0.3) is 5.91 Å². The fourth-order valence-corrected chi connectivity index (χ4v) is 5.66. The minimum atomic E-state index is -4.71. The Morgan fingerprint density at radius 3 is 2.40 bits per heavy atom. The molecule has 3 N–H and O–H groups in total. The van der Waals surface area contributed by atoms with Crippen molar-refractivity contribution >= 4 is 31.3 Å². The first kappa shape index (κ1) is 32.3. The predicted octanol–water partition coefficient (Wildman–Crippen LogP) is 1.73. The lowest BCUT2D eigenvalue weighted by Crippen LogP contribution is -2.56. The number of aromatic nitrogens is 2. The summed E-state index contributed by atoms with van der Waals surface area (Å²) in [7, 11) is -3.08. The van der Waals surface area contributed by atoms with Crippen LogP contribution in [0.3, 0.4) is 0 Å². The molecule has 43 heavy (non-hydrogen) atoms. The highest BCUT2D eigenvalue weighted by molar-refractivity contribution is 7.51. The molecule has 2 aliphatic rings. The van der Waals surface area contributed by atoms with Crippen LogP contribution < -0.4 is 10.2 Å². The van der Waals surface area contributed by atoms with Crippen molar-refractivity contribution in [3.8, 4) is 11.4 Å². The van der Waals surface area contributed by atoms with Crippen LogP contribution in [-0.4, -0.2) is 119 Å². The summed E-state index contributed by atoms with van der Waals surface area (Å²) in [6, 6.07) is 9.09. The SMILES string of the molecule is CCCCOC(=O)N1CCN(C(=O)[C@H](CP(=O)(O)O)NC(=O)c2cc(N3CC[C@H](OC)C3)nc(-c3ccccc3)n2)CC1. The number of carbonyl (C=O) groups excluding carboxylic acids is 3. The molecule has 1 aromatic heterocycles. The summed E-state index contributed by atoms with van der Waals surface area (Å²) in [4.78, 5) is 72.7. The van der Waals surface area contributed by atoms with Crippen LogP contribution in [0.5, 0.6) is 0 Å². The van der Waals surface area contributed by atoms with Crippen LogP contribution in [0.2, 0.25) is 0 Å². The van der Waals surface area contributed by atoms with Gasteiger partial charge in [-0.05, 0) is 12.8 Å². The number of nitrogens with zero attached hydrogens (tertiary/aromatic N) is 5. The molecule has 0 radical (unpaired) electrons. The lowest BCUT2D eigenvalue weighted by molar-refractivity contribution is -0.134. The van der Waals surface area contributed by atoms with Gasteiger partial charge in [0.2, 0.25) is 5.91 Å². The third-order valence-electron chi connectivity index (χ3n) is 7.38. The van der Waals surface area contributed by atoms with Gasteiger partial charge in [0.15, 0.2) is 5.82 Å². The third-order valence-corrected chi connectivity index (χ3v) is 8.22. The number of anilines is 1. The molecule has 2 aromatic rings. The first-order valence-electron chi connectivity index (χ1n) is 14.4. The fourth-order valence-electron chi connectivity index (χ4n) is 4.94. The van der Waals surface area contributed by atoms with Crippen molar-refractivity contribution in [2.75, 3.05) is 64.0 Å². The van der Waals surface area contributed by atoms with E-state index >= 15 is 0 Å². The van der Waals surface area contributed by atoms with Gasteiger partial charge < -0.3 is 39.3 Å². The van der Waals surface area contributed by atoms with Crippen molar-refractivity contribution in [3.05, 3.63) is 42.1 Å². The molecule has 234 valence electrons. The standard InChI is InChI=1S/C28H39N6O8P/c1-3-4-16-42-28(37)33-14-12-32(13-15-33)27(36)23(19-43(38,39)40)30-26(35)22-17-24(34-11-10-21(18-34)41-2)31-25(29-22)20-8-6-5-7-9-20/h5-9,17,21,23H,3-4,10-16,18-19H2,1-2H3,(H,30,35)(H2,38,39,40)/t21-,23-/m0/s1. The maximum Gasteiger partial charge on any atom is 0.409 e. The van der Waals surface area contributed by atoms with E-state index in [2.05, 4.69) is 15.3 Å². The maximum atomic E-state index is 13.5. The van der Waals surface area contributed by atoms with Crippen molar-refractivity contribution in [1.29, 1.82) is 0 Å². The van der Waals surface area contributed by atoms with Crippen LogP contribution in [0, 0.1) is 0 Å². The highest BCUT2D eigenvalue weighted by Crippen LogP contribution is 2.35. The molecule has 2 aliphatic heterocycles. The highest BCUT2D eigenvalue weighted by atomic mass is 31.2. The van der Waals surface area contributed by atoms with Crippen molar-refractivity contribution in [2.45, 2.75) is 38.3 Å². The third kappa shape index (κ3) is 8.96. The number of piperazine rings is 1. The quantitative estimate of drug-likeness (QED) is 0.247. The molecule has 0 unspecified atom stereocenters. The molecule has 3 heterocycles. The van der Waals surface area contributed by atoms with Gasteiger partial charge >= 0.3 is 13.7 Å². The van der Waals surface area contributed by atoms with Crippen LogP contribution in [-0.2, 0) is 18.8 Å². The number of hydrogen-bond acceptors (Lipinski definition) is 9. The summed E-state index contributed by atoms with van der Waals surface area (Å²) in [6.45, 7) is 4.17. The smallest absolute Gasteiger partial charge is 0.409 e. The molecule has 4 rings (SSSR count). The predicted molar refractivity (Wildman–Crippen MR) is 158 cm³/mol. The van der Waals surface area contributed by atoms with E-state index in [1.54, 1.807) is 7.11 Å². The fraction of sp³-hybridized carbons (Fsp3) is 0.536. The van der Waals surface area contributed by atoms with E-state index in [1.165, 1.54) is 15.9 Å². The Balaban J connectivity index is 1.52. The van der Waals surface area contributed by atoms with Gasteiger partial charge in [0.1, 0.15) is 17.6 Å². The van der Waals surface area contributed by atoms with Crippen LogP contribution in [0.4, 0.5) is 10.6 Å². The number of rotatable bonds is 11. The van der Waals surface area contributed by atoms with E-state index in [1.807, 2.05) is 42.2 Å². The Morgan fingerprint density at radius 1 is 1.07 bits per heavy atom. The van der Waals surface area contributed by atoms with E-state index in [4.69, 9.17) is 9.47 Å². The van der Waals surface area contributed by atoms with Crippen LogP contribution in [0.1, 0.15) is 36.7 Å². The number of hydrogen-bond donors (Lipinski definition) is 3. The first-order chi connectivity index (χ1) is 20.6. The molecular formula is C28H39N6O8P. The van der Waals surface area contributed by atoms with E-state index in [0.29, 0.717) is 36.9 Å². The Bertz CT molecular complexity index is 1320. The summed E-state index contributed by atoms with van der Waals surface area (Å²) in [5.74, 6) is -0.633. The normalized spacial score (nSPS) is 18.0. The Kier molecular flexibility index (Phi) is 11.1. The number of unbranched alkanes of at least 4 members (excludes halogenated alkanes) is 1. The zero-order valence-corrected chi connectivity index (χ0v) is 25.3. The van der Waals surface area contributed by atoms with Crippen molar-refractivity contribution in [2.24, 2.45) is 0 Å². The maximum absolute atomic E-state index is 13.5. The molecule has 2 atom stereocenters. The van der Waals surface area contributed by atoms with Gasteiger partial charge in [0, 0.05) is 58.0 Å². The number of carbonyl (C=O) groups is 3. The number of benzene rings is 1. The lowest BCUT2D eigenvalue weighted by Gasteiger charge is -2.36. The van der Waals surface area contributed by atoms with Gasteiger partial charge in [0.05, 0.1) is 18.9 Å². The van der Waals surface area contributed by atoms with E-state index in [9.17, 15) is 28.7 Å². The molecule has 0 spiro atoms. The first-order valence-corrected chi connectivity index (χ1v) is 16.2. The second-order valence-electron chi connectivity index (χ2n) is 10.5. The molecule has 0 bridgehead atoms.